The monoisotopic (exact) mass is 377 g/mol. The highest BCUT2D eigenvalue weighted by Gasteiger charge is 2.26. The smallest absolute Gasteiger partial charge is 0.284 e. The molecule has 25 heavy (non-hydrogen) atoms. The van der Waals surface area contributed by atoms with E-state index in [1.165, 1.54) is 29.2 Å². The SMILES string of the molecule is Cc1csc(Sc2ccc(C(=O)N3CCCCC3C)cc2[N+](=O)[O-])n1. The van der Waals surface area contributed by atoms with Gasteiger partial charge in [0.05, 0.1) is 9.82 Å². The fourth-order valence-corrected chi connectivity index (χ4v) is 4.80. The van der Waals surface area contributed by atoms with E-state index in [1.54, 1.807) is 12.1 Å². The molecule has 0 spiro atoms. The van der Waals surface area contributed by atoms with E-state index in [0.29, 0.717) is 17.0 Å². The summed E-state index contributed by atoms with van der Waals surface area (Å²) in [6.45, 7) is 4.62. The van der Waals surface area contributed by atoms with Crippen molar-refractivity contribution < 1.29 is 9.72 Å². The number of nitrogens with zero attached hydrogens (tertiary/aromatic N) is 3. The highest BCUT2D eigenvalue weighted by molar-refractivity contribution is 8.01. The van der Waals surface area contributed by atoms with Crippen LogP contribution in [0.5, 0.6) is 0 Å². The summed E-state index contributed by atoms with van der Waals surface area (Å²) in [5.41, 5.74) is 1.22. The van der Waals surface area contributed by atoms with Crippen molar-refractivity contribution in [2.45, 2.75) is 48.4 Å². The van der Waals surface area contributed by atoms with E-state index in [0.717, 1.165) is 29.3 Å². The molecule has 1 aromatic carbocycles. The Morgan fingerprint density at radius 2 is 2.24 bits per heavy atom. The Balaban J connectivity index is 1.88. The predicted octanol–water partition coefficient (Wildman–Crippen LogP) is 4.53. The lowest BCUT2D eigenvalue weighted by atomic mass is 10.0. The molecule has 6 nitrogen and oxygen atoms in total. The standard InChI is InChI=1S/C17H19N3O3S2/c1-11-10-24-17(18-11)25-15-7-6-13(9-14(15)20(22)23)16(21)19-8-4-3-5-12(19)2/h6-7,9-10,12H,3-5,8H2,1-2H3. The van der Waals surface area contributed by atoms with Crippen LogP contribution in [0.3, 0.4) is 0 Å². The largest absolute Gasteiger partial charge is 0.336 e. The third-order valence-electron chi connectivity index (χ3n) is 4.26. The van der Waals surface area contributed by atoms with Crippen molar-refractivity contribution in [3.8, 4) is 0 Å². The summed E-state index contributed by atoms with van der Waals surface area (Å²) in [5, 5.41) is 13.4. The molecule has 1 aliphatic rings. The van der Waals surface area contributed by atoms with Crippen LogP contribution in [0.1, 0.15) is 42.2 Å². The molecule has 0 saturated carbocycles. The van der Waals surface area contributed by atoms with E-state index >= 15 is 0 Å². The summed E-state index contributed by atoms with van der Waals surface area (Å²) in [4.78, 5) is 30.4. The topological polar surface area (TPSA) is 76.3 Å². The maximum absolute atomic E-state index is 12.7. The second-order valence-corrected chi connectivity index (χ2v) is 8.29. The van der Waals surface area contributed by atoms with Gasteiger partial charge in [-0.05, 0) is 45.2 Å². The van der Waals surface area contributed by atoms with Crippen LogP contribution in [-0.2, 0) is 0 Å². The first-order chi connectivity index (χ1) is 12.0. The zero-order chi connectivity index (χ0) is 18.0. The number of aryl methyl sites for hydroxylation is 1. The van der Waals surface area contributed by atoms with Crippen LogP contribution in [0.2, 0.25) is 0 Å². The van der Waals surface area contributed by atoms with E-state index in [2.05, 4.69) is 4.98 Å². The third kappa shape index (κ3) is 4.01. The second-order valence-electron chi connectivity index (χ2n) is 6.14. The number of aromatic nitrogens is 1. The molecule has 0 N–H and O–H groups in total. The van der Waals surface area contributed by atoms with Crippen LogP contribution >= 0.6 is 23.1 Å². The average Bonchev–Trinajstić information content (AvgIpc) is 3.00. The normalized spacial score (nSPS) is 17.5. The highest BCUT2D eigenvalue weighted by atomic mass is 32.2. The number of thiazole rings is 1. The lowest BCUT2D eigenvalue weighted by Crippen LogP contribution is -2.42. The van der Waals surface area contributed by atoms with Gasteiger partial charge in [0.15, 0.2) is 4.34 Å². The first-order valence-electron chi connectivity index (χ1n) is 8.15. The molecule has 2 aromatic rings. The molecule has 132 valence electrons. The molecule has 1 fully saturated rings. The summed E-state index contributed by atoms with van der Waals surface area (Å²) in [6.07, 6.45) is 3.08. The molecular formula is C17H19N3O3S2. The number of carbonyl (C=O) groups excluding carboxylic acids is 1. The first kappa shape index (κ1) is 17.9. The minimum Gasteiger partial charge on any atom is -0.336 e. The van der Waals surface area contributed by atoms with Gasteiger partial charge in [0.2, 0.25) is 0 Å². The van der Waals surface area contributed by atoms with Gasteiger partial charge >= 0.3 is 0 Å². The van der Waals surface area contributed by atoms with Crippen molar-refractivity contribution in [1.82, 2.24) is 9.88 Å². The number of nitro groups is 1. The fraction of sp³-hybridized carbons (Fsp3) is 0.412. The molecule has 0 aliphatic carbocycles. The van der Waals surface area contributed by atoms with Crippen molar-refractivity contribution in [3.05, 3.63) is 45.0 Å². The van der Waals surface area contributed by atoms with Crippen LogP contribution in [0.4, 0.5) is 5.69 Å². The van der Waals surface area contributed by atoms with Crippen LogP contribution in [0.15, 0.2) is 32.8 Å². The molecule has 1 aromatic heterocycles. The van der Waals surface area contributed by atoms with Crippen molar-refractivity contribution in [1.29, 1.82) is 0 Å². The van der Waals surface area contributed by atoms with Gasteiger partial charge in [-0.2, -0.15) is 0 Å². The summed E-state index contributed by atoms with van der Waals surface area (Å²) >= 11 is 2.71. The number of rotatable bonds is 4. The molecule has 3 rings (SSSR count). The molecular weight excluding hydrogens is 358 g/mol. The van der Waals surface area contributed by atoms with E-state index in [-0.39, 0.29) is 17.6 Å². The van der Waals surface area contributed by atoms with E-state index in [1.807, 2.05) is 24.1 Å². The van der Waals surface area contributed by atoms with Crippen molar-refractivity contribution in [3.63, 3.8) is 0 Å². The maximum Gasteiger partial charge on any atom is 0.284 e. The van der Waals surface area contributed by atoms with Gasteiger partial charge < -0.3 is 4.90 Å². The Bertz CT molecular complexity index is 806. The molecule has 1 atom stereocenters. The minimum atomic E-state index is -0.431. The van der Waals surface area contributed by atoms with Crippen molar-refractivity contribution in [2.75, 3.05) is 6.54 Å². The van der Waals surface area contributed by atoms with Crippen molar-refractivity contribution in [2.24, 2.45) is 0 Å². The van der Waals surface area contributed by atoms with Crippen LogP contribution in [0, 0.1) is 17.0 Å². The molecule has 0 radical (unpaired) electrons. The van der Waals surface area contributed by atoms with Gasteiger partial charge in [0.25, 0.3) is 11.6 Å². The highest BCUT2D eigenvalue weighted by Crippen LogP contribution is 2.37. The van der Waals surface area contributed by atoms with Gasteiger partial charge in [0, 0.05) is 35.3 Å². The average molecular weight is 377 g/mol. The molecule has 1 unspecified atom stereocenters. The van der Waals surface area contributed by atoms with Gasteiger partial charge in [-0.1, -0.05) is 11.8 Å². The minimum absolute atomic E-state index is 0.0478. The molecule has 1 aliphatic heterocycles. The number of hydrogen-bond donors (Lipinski definition) is 0. The Kier molecular flexibility index (Phi) is 5.39. The summed E-state index contributed by atoms with van der Waals surface area (Å²) < 4.78 is 0.754. The Morgan fingerprint density at radius 3 is 2.88 bits per heavy atom. The van der Waals surface area contributed by atoms with Crippen LogP contribution < -0.4 is 0 Å². The Morgan fingerprint density at radius 1 is 1.44 bits per heavy atom. The molecule has 1 saturated heterocycles. The third-order valence-corrected chi connectivity index (χ3v) is 6.38. The summed E-state index contributed by atoms with van der Waals surface area (Å²) in [5.74, 6) is -0.128. The van der Waals surface area contributed by atoms with E-state index in [9.17, 15) is 14.9 Å². The van der Waals surface area contributed by atoms with Gasteiger partial charge in [0.1, 0.15) is 0 Å². The number of benzene rings is 1. The quantitative estimate of drug-likeness (QED) is 0.578. The number of carbonyl (C=O) groups is 1. The molecule has 1 amide bonds. The second kappa shape index (κ2) is 7.53. The predicted molar refractivity (Wildman–Crippen MR) is 98.4 cm³/mol. The van der Waals surface area contributed by atoms with Crippen LogP contribution in [0.25, 0.3) is 0 Å². The Hall–Kier alpha value is -1.93. The zero-order valence-corrected chi connectivity index (χ0v) is 15.7. The first-order valence-corrected chi connectivity index (χ1v) is 9.84. The number of amides is 1. The zero-order valence-electron chi connectivity index (χ0n) is 14.1. The molecule has 2 heterocycles. The van der Waals surface area contributed by atoms with E-state index in [4.69, 9.17) is 0 Å². The van der Waals surface area contributed by atoms with Gasteiger partial charge in [-0.15, -0.1) is 11.3 Å². The number of piperidine rings is 1. The van der Waals surface area contributed by atoms with Gasteiger partial charge in [-0.25, -0.2) is 4.98 Å². The van der Waals surface area contributed by atoms with Crippen LogP contribution in [-0.4, -0.2) is 33.3 Å². The van der Waals surface area contributed by atoms with Gasteiger partial charge in [-0.3, -0.25) is 14.9 Å². The number of likely N-dealkylation sites (tertiary alicyclic amines) is 1. The lowest BCUT2D eigenvalue weighted by Gasteiger charge is -2.33. The number of nitro benzene ring substituents is 1. The summed E-state index contributed by atoms with van der Waals surface area (Å²) in [6, 6.07) is 4.90. The number of hydrogen-bond acceptors (Lipinski definition) is 6. The maximum atomic E-state index is 12.7. The molecule has 8 heteroatoms. The van der Waals surface area contributed by atoms with E-state index < -0.39 is 4.92 Å². The summed E-state index contributed by atoms with van der Waals surface area (Å²) in [7, 11) is 0. The Labute approximate surface area is 154 Å². The van der Waals surface area contributed by atoms with Crippen molar-refractivity contribution >= 4 is 34.7 Å². The molecule has 0 bridgehead atoms. The fourth-order valence-electron chi connectivity index (χ4n) is 2.92. The lowest BCUT2D eigenvalue weighted by molar-refractivity contribution is -0.387.